The van der Waals surface area contributed by atoms with Crippen molar-refractivity contribution < 1.29 is 26.7 Å². The van der Waals surface area contributed by atoms with Crippen molar-refractivity contribution in [1.82, 2.24) is 4.72 Å². The first-order chi connectivity index (χ1) is 11.4. The van der Waals surface area contributed by atoms with Crippen LogP contribution >= 0.6 is 0 Å². The minimum absolute atomic E-state index is 0.143. The molecule has 0 aliphatic heterocycles. The molecule has 0 aliphatic rings. The summed E-state index contributed by atoms with van der Waals surface area (Å²) in [5, 5.41) is 0. The third-order valence-electron chi connectivity index (χ3n) is 3.41. The van der Waals surface area contributed by atoms with Gasteiger partial charge in [0.2, 0.25) is 10.0 Å². The Morgan fingerprint density at radius 2 is 1.83 bits per heavy atom. The van der Waals surface area contributed by atoms with Crippen LogP contribution in [0.5, 0.6) is 5.75 Å². The summed E-state index contributed by atoms with van der Waals surface area (Å²) < 4.78 is 63.8. The molecular weight excluding hydrogens is 340 g/mol. The van der Waals surface area contributed by atoms with Crippen LogP contribution in [0.3, 0.4) is 0 Å². The predicted octanol–water partition coefficient (Wildman–Crippen LogP) is 2.64. The van der Waals surface area contributed by atoms with E-state index < -0.39 is 32.7 Å². The summed E-state index contributed by atoms with van der Waals surface area (Å²) >= 11 is 0. The van der Waals surface area contributed by atoms with Gasteiger partial charge in [0.05, 0.1) is 13.2 Å². The van der Waals surface area contributed by atoms with Crippen LogP contribution in [0.2, 0.25) is 0 Å². The minimum Gasteiger partial charge on any atom is -0.496 e. The average molecular weight is 357 g/mol. The number of hydrogen-bond donors (Lipinski definition) is 1. The molecule has 2 aromatic rings. The van der Waals surface area contributed by atoms with E-state index in [1.165, 1.54) is 14.2 Å². The molecule has 0 aromatic heterocycles. The number of halogens is 2. The molecule has 0 spiro atoms. The smallest absolute Gasteiger partial charge is 0.243 e. The Morgan fingerprint density at radius 1 is 1.12 bits per heavy atom. The van der Waals surface area contributed by atoms with Gasteiger partial charge in [-0.2, -0.15) is 0 Å². The highest BCUT2D eigenvalue weighted by Crippen LogP contribution is 2.27. The normalized spacial score (nSPS) is 12.8. The Kier molecular flexibility index (Phi) is 5.87. The molecular formula is C16H17F2NO4S. The maximum atomic E-state index is 13.7. The maximum absolute atomic E-state index is 13.7. The molecule has 8 heteroatoms. The third-order valence-corrected chi connectivity index (χ3v) is 4.87. The van der Waals surface area contributed by atoms with Gasteiger partial charge < -0.3 is 9.47 Å². The lowest BCUT2D eigenvalue weighted by Crippen LogP contribution is -2.30. The molecule has 5 nitrogen and oxygen atoms in total. The van der Waals surface area contributed by atoms with Crippen LogP contribution in [-0.4, -0.2) is 29.2 Å². The number of rotatable bonds is 7. The molecule has 0 saturated heterocycles. The Hall–Kier alpha value is -2.03. The Labute approximate surface area is 139 Å². The molecule has 2 rings (SSSR count). The summed E-state index contributed by atoms with van der Waals surface area (Å²) in [7, 11) is -1.24. The van der Waals surface area contributed by atoms with E-state index >= 15 is 0 Å². The van der Waals surface area contributed by atoms with Crippen molar-refractivity contribution in [2.24, 2.45) is 0 Å². The van der Waals surface area contributed by atoms with Crippen molar-refractivity contribution in [1.29, 1.82) is 0 Å². The molecule has 0 heterocycles. The minimum atomic E-state index is -4.15. The molecule has 1 atom stereocenters. The van der Waals surface area contributed by atoms with Crippen molar-refractivity contribution in [3.63, 3.8) is 0 Å². The zero-order valence-corrected chi connectivity index (χ0v) is 13.9. The molecule has 0 radical (unpaired) electrons. The van der Waals surface area contributed by atoms with E-state index in [0.29, 0.717) is 17.4 Å². The zero-order chi connectivity index (χ0) is 17.7. The molecule has 0 amide bonds. The van der Waals surface area contributed by atoms with Gasteiger partial charge in [0.25, 0.3) is 0 Å². The van der Waals surface area contributed by atoms with Gasteiger partial charge in [0.1, 0.15) is 22.3 Å². The quantitative estimate of drug-likeness (QED) is 0.827. The second kappa shape index (κ2) is 7.69. The number of nitrogens with one attached hydrogen (secondary N) is 1. The highest BCUT2D eigenvalue weighted by molar-refractivity contribution is 7.89. The lowest BCUT2D eigenvalue weighted by atomic mass is 10.1. The first-order valence-electron chi connectivity index (χ1n) is 6.99. The van der Waals surface area contributed by atoms with E-state index in [-0.39, 0.29) is 6.54 Å². The fourth-order valence-corrected chi connectivity index (χ4v) is 3.30. The van der Waals surface area contributed by atoms with E-state index in [1.54, 1.807) is 24.3 Å². The summed E-state index contributed by atoms with van der Waals surface area (Å²) in [5.41, 5.74) is 0.643. The van der Waals surface area contributed by atoms with Crippen LogP contribution in [-0.2, 0) is 14.8 Å². The highest BCUT2D eigenvalue weighted by Gasteiger charge is 2.23. The van der Waals surface area contributed by atoms with Crippen LogP contribution in [0.4, 0.5) is 8.78 Å². The summed E-state index contributed by atoms with van der Waals surface area (Å²) in [4.78, 5) is -0.626. The Balaban J connectivity index is 2.20. The van der Waals surface area contributed by atoms with E-state index in [1.807, 2.05) is 0 Å². The standard InChI is InChI=1S/C16H17F2NO4S/c1-22-14-6-4-3-5-12(14)15(23-2)10-19-24(20,21)16-8-7-11(17)9-13(16)18/h3-9,15,19H,10H2,1-2H3. The Morgan fingerprint density at radius 3 is 2.46 bits per heavy atom. The molecule has 1 unspecified atom stereocenters. The summed E-state index contributed by atoms with van der Waals surface area (Å²) in [6.45, 7) is -0.143. The first kappa shape index (κ1) is 18.3. The Bertz CT molecular complexity index is 811. The topological polar surface area (TPSA) is 64.6 Å². The fourth-order valence-electron chi connectivity index (χ4n) is 2.21. The predicted molar refractivity (Wildman–Crippen MR) is 84.3 cm³/mol. The molecule has 0 bridgehead atoms. The van der Waals surface area contributed by atoms with Crippen molar-refractivity contribution in [3.8, 4) is 5.75 Å². The van der Waals surface area contributed by atoms with Crippen LogP contribution in [0.15, 0.2) is 47.4 Å². The lowest BCUT2D eigenvalue weighted by Gasteiger charge is -2.19. The number of ether oxygens (including phenoxy) is 2. The first-order valence-corrected chi connectivity index (χ1v) is 8.47. The van der Waals surface area contributed by atoms with Crippen LogP contribution in [0.25, 0.3) is 0 Å². The van der Waals surface area contributed by atoms with Gasteiger partial charge >= 0.3 is 0 Å². The molecule has 0 saturated carbocycles. The SMILES string of the molecule is COc1ccccc1C(CNS(=O)(=O)c1ccc(F)cc1F)OC. The molecule has 1 N–H and O–H groups in total. The monoisotopic (exact) mass is 357 g/mol. The number of hydrogen-bond acceptors (Lipinski definition) is 4. The largest absolute Gasteiger partial charge is 0.496 e. The van der Waals surface area contributed by atoms with Gasteiger partial charge in [-0.3, -0.25) is 0 Å². The lowest BCUT2D eigenvalue weighted by molar-refractivity contribution is 0.105. The second-order valence-corrected chi connectivity index (χ2v) is 6.63. The van der Waals surface area contributed by atoms with Crippen LogP contribution < -0.4 is 9.46 Å². The van der Waals surface area contributed by atoms with Crippen molar-refractivity contribution in [3.05, 3.63) is 59.7 Å². The summed E-state index contributed by atoms with van der Waals surface area (Å²) in [6.07, 6.45) is -0.639. The number of benzene rings is 2. The van der Waals surface area contributed by atoms with E-state index in [4.69, 9.17) is 9.47 Å². The second-order valence-electron chi connectivity index (χ2n) is 4.89. The summed E-state index contributed by atoms with van der Waals surface area (Å²) in [6, 6.07) is 9.26. The van der Waals surface area contributed by atoms with Crippen molar-refractivity contribution in [2.45, 2.75) is 11.0 Å². The van der Waals surface area contributed by atoms with Gasteiger partial charge in [0.15, 0.2) is 0 Å². The van der Waals surface area contributed by atoms with Crippen molar-refractivity contribution >= 4 is 10.0 Å². The molecule has 0 fully saturated rings. The van der Waals surface area contributed by atoms with Gasteiger partial charge in [0, 0.05) is 25.3 Å². The number of para-hydroxylation sites is 1. The highest BCUT2D eigenvalue weighted by atomic mass is 32.2. The van der Waals surface area contributed by atoms with Crippen LogP contribution in [0, 0.1) is 11.6 Å². The van der Waals surface area contributed by atoms with Gasteiger partial charge in [-0.15, -0.1) is 0 Å². The molecule has 130 valence electrons. The zero-order valence-electron chi connectivity index (χ0n) is 13.1. The van der Waals surface area contributed by atoms with Gasteiger partial charge in [-0.05, 0) is 18.2 Å². The number of methoxy groups -OCH3 is 2. The van der Waals surface area contributed by atoms with Gasteiger partial charge in [-0.25, -0.2) is 21.9 Å². The van der Waals surface area contributed by atoms with E-state index in [0.717, 1.165) is 12.1 Å². The van der Waals surface area contributed by atoms with Gasteiger partial charge in [-0.1, -0.05) is 18.2 Å². The molecule has 24 heavy (non-hydrogen) atoms. The summed E-state index contributed by atoms with van der Waals surface area (Å²) in [5.74, 6) is -1.47. The third kappa shape index (κ3) is 4.08. The average Bonchev–Trinajstić information content (AvgIpc) is 2.55. The van der Waals surface area contributed by atoms with E-state index in [9.17, 15) is 17.2 Å². The molecule has 0 aliphatic carbocycles. The van der Waals surface area contributed by atoms with Crippen LogP contribution in [0.1, 0.15) is 11.7 Å². The van der Waals surface area contributed by atoms with Crippen molar-refractivity contribution in [2.75, 3.05) is 20.8 Å². The number of sulfonamides is 1. The maximum Gasteiger partial charge on any atom is 0.243 e. The fraction of sp³-hybridized carbons (Fsp3) is 0.250. The molecule has 2 aromatic carbocycles. The van der Waals surface area contributed by atoms with E-state index in [2.05, 4.69) is 4.72 Å².